The van der Waals surface area contributed by atoms with Crippen molar-refractivity contribution in [1.82, 2.24) is 9.80 Å². The number of primary amides is 1. The van der Waals surface area contributed by atoms with Crippen molar-refractivity contribution in [2.45, 2.75) is 50.4 Å². The molecule has 234 valence electrons. The molecule has 0 aliphatic carbocycles. The Morgan fingerprint density at radius 1 is 0.795 bits per heavy atom. The van der Waals surface area contributed by atoms with Crippen LogP contribution in [0.2, 0.25) is 0 Å². The van der Waals surface area contributed by atoms with Crippen LogP contribution in [-0.4, -0.2) is 75.7 Å². The molecule has 8 heteroatoms. The van der Waals surface area contributed by atoms with E-state index in [1.807, 2.05) is 35.2 Å². The van der Waals surface area contributed by atoms with Crippen LogP contribution in [0.3, 0.4) is 0 Å². The maximum Gasteiger partial charge on any atom is 0.254 e. The van der Waals surface area contributed by atoms with E-state index in [-0.39, 0.29) is 17.2 Å². The number of likely N-dealkylation sites (tertiary alicyclic amines) is 2. The number of hydrogen-bond donors (Lipinski definition) is 1. The van der Waals surface area contributed by atoms with Crippen LogP contribution in [0.4, 0.5) is 0 Å². The minimum atomic E-state index is -0.624. The lowest BCUT2D eigenvalue weighted by Crippen LogP contribution is -2.50. The van der Waals surface area contributed by atoms with Crippen molar-refractivity contribution in [3.8, 4) is 17.2 Å². The second-order valence-electron chi connectivity index (χ2n) is 12.4. The molecule has 2 heterocycles. The highest BCUT2D eigenvalue weighted by Gasteiger charge is 2.44. The van der Waals surface area contributed by atoms with Crippen molar-refractivity contribution in [2.24, 2.45) is 5.73 Å². The normalized spacial score (nSPS) is 19.9. The average Bonchev–Trinajstić information content (AvgIpc) is 3.50. The van der Waals surface area contributed by atoms with Crippen molar-refractivity contribution in [1.29, 1.82) is 0 Å². The van der Waals surface area contributed by atoms with Gasteiger partial charge in [-0.25, -0.2) is 0 Å². The molecule has 5 rings (SSSR count). The summed E-state index contributed by atoms with van der Waals surface area (Å²) in [5.41, 5.74) is 10.5. The van der Waals surface area contributed by atoms with E-state index in [2.05, 4.69) is 36.9 Å². The van der Waals surface area contributed by atoms with E-state index in [9.17, 15) is 9.59 Å². The Morgan fingerprint density at radius 2 is 1.45 bits per heavy atom. The highest BCUT2D eigenvalue weighted by Crippen LogP contribution is 2.42. The van der Waals surface area contributed by atoms with Crippen LogP contribution in [0.25, 0.3) is 0 Å². The number of carbonyl (C=O) groups excluding carboxylic acids is 2. The average molecular weight is 600 g/mol. The first-order valence-corrected chi connectivity index (χ1v) is 15.4. The largest absolute Gasteiger partial charge is 0.493 e. The number of nitrogens with two attached hydrogens (primary N) is 1. The smallest absolute Gasteiger partial charge is 0.254 e. The summed E-state index contributed by atoms with van der Waals surface area (Å²) in [5, 5.41) is 0. The summed E-state index contributed by atoms with van der Waals surface area (Å²) in [6.07, 6.45) is 3.18. The number of benzene rings is 3. The number of hydrogen-bond acceptors (Lipinski definition) is 6. The second-order valence-corrected chi connectivity index (χ2v) is 12.4. The molecular formula is C36H45N3O5. The fourth-order valence-electron chi connectivity index (χ4n) is 7.05. The van der Waals surface area contributed by atoms with Crippen LogP contribution in [0, 0.1) is 13.8 Å². The van der Waals surface area contributed by atoms with Crippen molar-refractivity contribution in [2.75, 3.05) is 54.1 Å². The van der Waals surface area contributed by atoms with Gasteiger partial charge in [-0.15, -0.1) is 0 Å². The summed E-state index contributed by atoms with van der Waals surface area (Å²) in [6, 6.07) is 20.1. The minimum Gasteiger partial charge on any atom is -0.493 e. The molecule has 2 amide bonds. The maximum absolute atomic E-state index is 13.9. The van der Waals surface area contributed by atoms with Crippen molar-refractivity contribution < 1.29 is 23.8 Å². The Kier molecular flexibility index (Phi) is 9.20. The van der Waals surface area contributed by atoms with Gasteiger partial charge in [-0.3, -0.25) is 9.59 Å². The Labute approximate surface area is 261 Å². The predicted molar refractivity (Wildman–Crippen MR) is 172 cm³/mol. The van der Waals surface area contributed by atoms with Crippen LogP contribution < -0.4 is 19.9 Å². The monoisotopic (exact) mass is 599 g/mol. The summed E-state index contributed by atoms with van der Waals surface area (Å²) in [4.78, 5) is 31.1. The first kappa shape index (κ1) is 31.4. The van der Waals surface area contributed by atoms with E-state index < -0.39 is 5.41 Å². The molecule has 44 heavy (non-hydrogen) atoms. The molecule has 0 saturated carbocycles. The van der Waals surface area contributed by atoms with Crippen molar-refractivity contribution in [3.63, 3.8) is 0 Å². The number of amides is 2. The number of carbonyl (C=O) groups is 2. The zero-order chi connectivity index (χ0) is 31.5. The van der Waals surface area contributed by atoms with Gasteiger partial charge in [-0.2, -0.15) is 0 Å². The lowest BCUT2D eigenvalue weighted by molar-refractivity contribution is -0.125. The summed E-state index contributed by atoms with van der Waals surface area (Å²) >= 11 is 0. The Balaban J connectivity index is 1.36. The SMILES string of the molecule is COc1cc(C(=O)N2CCC(CCN3CCC(C(N)=O)(c4ccccc4)CC3)(c3ccc(C)c(C)c3)C2)cc(OC)c1OC. The molecule has 0 radical (unpaired) electrons. The molecule has 0 spiro atoms. The summed E-state index contributed by atoms with van der Waals surface area (Å²) in [7, 11) is 4.66. The van der Waals surface area contributed by atoms with Crippen LogP contribution in [0.15, 0.2) is 60.7 Å². The third-order valence-corrected chi connectivity index (χ3v) is 10.1. The molecule has 2 fully saturated rings. The van der Waals surface area contributed by atoms with Crippen LogP contribution >= 0.6 is 0 Å². The molecule has 3 aromatic carbocycles. The molecule has 0 bridgehead atoms. The molecule has 2 aliphatic rings. The van der Waals surface area contributed by atoms with Crippen molar-refractivity contribution >= 4 is 11.8 Å². The van der Waals surface area contributed by atoms with E-state index in [4.69, 9.17) is 19.9 Å². The summed E-state index contributed by atoms with van der Waals surface area (Å²) in [5.74, 6) is 1.09. The van der Waals surface area contributed by atoms with Gasteiger partial charge in [-0.05, 0) is 93.6 Å². The fourth-order valence-corrected chi connectivity index (χ4v) is 7.05. The molecule has 1 atom stereocenters. The molecule has 2 saturated heterocycles. The second kappa shape index (κ2) is 12.9. The van der Waals surface area contributed by atoms with E-state index >= 15 is 0 Å². The van der Waals surface area contributed by atoms with Crippen molar-refractivity contribution in [3.05, 3.63) is 88.5 Å². The van der Waals surface area contributed by atoms with Crippen LogP contribution in [0.5, 0.6) is 17.2 Å². The van der Waals surface area contributed by atoms with Gasteiger partial charge in [0.25, 0.3) is 5.91 Å². The van der Waals surface area contributed by atoms with Gasteiger partial charge in [0.15, 0.2) is 11.5 Å². The third-order valence-electron chi connectivity index (χ3n) is 10.1. The quantitative estimate of drug-likeness (QED) is 0.352. The third kappa shape index (κ3) is 5.87. The molecule has 8 nitrogen and oxygen atoms in total. The fraction of sp³-hybridized carbons (Fsp3) is 0.444. The molecule has 0 aromatic heterocycles. The van der Waals surface area contributed by atoms with Gasteiger partial charge < -0.3 is 29.7 Å². The van der Waals surface area contributed by atoms with Gasteiger partial charge in [0.2, 0.25) is 11.7 Å². The molecule has 3 aromatic rings. The zero-order valence-corrected chi connectivity index (χ0v) is 26.7. The van der Waals surface area contributed by atoms with E-state index in [1.54, 1.807) is 33.5 Å². The molecule has 1 unspecified atom stereocenters. The van der Waals surface area contributed by atoms with Gasteiger partial charge in [0, 0.05) is 24.1 Å². The minimum absolute atomic E-state index is 0.0537. The van der Waals surface area contributed by atoms with E-state index in [0.717, 1.165) is 38.0 Å². The summed E-state index contributed by atoms with van der Waals surface area (Å²) in [6.45, 7) is 8.03. The van der Waals surface area contributed by atoms with E-state index in [1.165, 1.54) is 16.7 Å². The first-order valence-electron chi connectivity index (χ1n) is 15.4. The van der Waals surface area contributed by atoms with Crippen LogP contribution in [0.1, 0.15) is 58.3 Å². The number of aryl methyl sites for hydroxylation is 2. The van der Waals surface area contributed by atoms with Gasteiger partial charge in [0.05, 0.1) is 26.7 Å². The molecule has 2 N–H and O–H groups in total. The maximum atomic E-state index is 13.9. The summed E-state index contributed by atoms with van der Waals surface area (Å²) < 4.78 is 16.5. The number of nitrogens with zero attached hydrogens (tertiary/aromatic N) is 2. The number of piperidine rings is 1. The Hall–Kier alpha value is -4.04. The van der Waals surface area contributed by atoms with Gasteiger partial charge in [0.1, 0.15) is 0 Å². The van der Waals surface area contributed by atoms with Gasteiger partial charge in [-0.1, -0.05) is 48.5 Å². The number of methoxy groups -OCH3 is 3. The molecular weight excluding hydrogens is 554 g/mol. The standard InChI is InChI=1S/C36H45N3O5/c1-25-11-12-29(21-26(25)2)35(13-17-38-18-15-36(16-19-38,34(37)41)28-9-7-6-8-10-28)14-20-39(24-35)33(40)27-22-30(42-3)32(44-5)31(23-27)43-4/h6-12,21-23H,13-20,24H2,1-5H3,(H2,37,41). The topological polar surface area (TPSA) is 94.3 Å². The highest BCUT2D eigenvalue weighted by molar-refractivity contribution is 5.96. The molecule has 2 aliphatic heterocycles. The Morgan fingerprint density at radius 3 is 2.02 bits per heavy atom. The number of ether oxygens (including phenoxy) is 3. The van der Waals surface area contributed by atoms with Crippen LogP contribution in [-0.2, 0) is 15.6 Å². The highest BCUT2D eigenvalue weighted by atomic mass is 16.5. The Bertz CT molecular complexity index is 1470. The lowest BCUT2D eigenvalue weighted by Gasteiger charge is -2.41. The van der Waals surface area contributed by atoms with E-state index in [0.29, 0.717) is 48.7 Å². The van der Waals surface area contributed by atoms with Gasteiger partial charge >= 0.3 is 0 Å². The predicted octanol–water partition coefficient (Wildman–Crippen LogP) is 5.02. The number of rotatable bonds is 10. The lowest BCUT2D eigenvalue weighted by atomic mass is 9.71. The zero-order valence-electron chi connectivity index (χ0n) is 26.7. The first-order chi connectivity index (χ1) is 21.2.